The van der Waals surface area contributed by atoms with Crippen LogP contribution in [0.2, 0.25) is 5.02 Å². The van der Waals surface area contributed by atoms with Crippen LogP contribution >= 0.6 is 11.6 Å². The van der Waals surface area contributed by atoms with Crippen molar-refractivity contribution in [2.45, 2.75) is 13.8 Å². The van der Waals surface area contributed by atoms with Crippen LogP contribution in [-0.4, -0.2) is 61.4 Å². The number of ether oxygens (including phenoxy) is 1. The predicted molar refractivity (Wildman–Crippen MR) is 115 cm³/mol. The Morgan fingerprint density at radius 3 is 2.38 bits per heavy atom. The van der Waals surface area contributed by atoms with Gasteiger partial charge in [-0.25, -0.2) is 0 Å². The van der Waals surface area contributed by atoms with Gasteiger partial charge in [-0.15, -0.1) is 0 Å². The maximum atomic E-state index is 12.7. The molecule has 2 amide bonds. The molecule has 0 radical (unpaired) electrons. The van der Waals surface area contributed by atoms with Crippen molar-refractivity contribution in [1.29, 1.82) is 0 Å². The molecular weight excluding hydrogens is 390 g/mol. The number of hydrogen-bond donors (Lipinski definition) is 1. The molecule has 1 fully saturated rings. The molecule has 0 unspecified atom stereocenters. The third-order valence-corrected chi connectivity index (χ3v) is 5.56. The number of likely N-dealkylation sites (N-methyl/N-ethyl adjacent to an activating group) is 1. The Bertz CT molecular complexity index is 885. The van der Waals surface area contributed by atoms with Crippen LogP contribution in [0.3, 0.4) is 0 Å². The number of halogens is 1. The molecular formula is C22H26ClN3O3. The smallest absolute Gasteiger partial charge is 0.262 e. The fraction of sp³-hybridized carbons (Fsp3) is 0.364. The van der Waals surface area contributed by atoms with Crippen LogP contribution in [0.4, 0.5) is 5.69 Å². The third-order valence-electron chi connectivity index (χ3n) is 4.96. The first-order valence-electron chi connectivity index (χ1n) is 9.61. The normalized spacial score (nSPS) is 14.6. The van der Waals surface area contributed by atoms with E-state index in [0.29, 0.717) is 35.1 Å². The minimum atomic E-state index is -0.292. The number of amides is 2. The van der Waals surface area contributed by atoms with Crippen LogP contribution in [0, 0.1) is 13.8 Å². The molecule has 29 heavy (non-hydrogen) atoms. The van der Waals surface area contributed by atoms with E-state index in [-0.39, 0.29) is 18.4 Å². The first-order valence-corrected chi connectivity index (χ1v) is 9.98. The molecule has 3 rings (SSSR count). The van der Waals surface area contributed by atoms with E-state index in [9.17, 15) is 9.59 Å². The number of hydrogen-bond acceptors (Lipinski definition) is 4. The van der Waals surface area contributed by atoms with E-state index < -0.39 is 0 Å². The average Bonchev–Trinajstić information content (AvgIpc) is 2.70. The highest BCUT2D eigenvalue weighted by Gasteiger charge is 2.20. The van der Waals surface area contributed by atoms with Crippen LogP contribution in [0.15, 0.2) is 36.4 Å². The van der Waals surface area contributed by atoms with E-state index in [4.69, 9.17) is 16.3 Å². The van der Waals surface area contributed by atoms with E-state index in [2.05, 4.69) is 10.2 Å². The number of carbonyl (C=O) groups is 2. The van der Waals surface area contributed by atoms with E-state index in [1.165, 1.54) is 0 Å². The molecule has 0 saturated carbocycles. The molecule has 1 saturated heterocycles. The van der Waals surface area contributed by atoms with Gasteiger partial charge >= 0.3 is 0 Å². The second kappa shape index (κ2) is 9.29. The fourth-order valence-electron chi connectivity index (χ4n) is 3.26. The molecule has 0 aromatic heterocycles. The number of nitrogens with one attached hydrogen (secondary N) is 1. The molecule has 1 N–H and O–H groups in total. The lowest BCUT2D eigenvalue weighted by atomic mass is 10.1. The molecule has 0 atom stereocenters. The number of rotatable bonds is 5. The summed E-state index contributed by atoms with van der Waals surface area (Å²) in [5, 5.41) is 3.49. The van der Waals surface area contributed by atoms with Gasteiger partial charge in [-0.3, -0.25) is 9.59 Å². The van der Waals surface area contributed by atoms with Crippen LogP contribution < -0.4 is 10.1 Å². The van der Waals surface area contributed by atoms with E-state index >= 15 is 0 Å². The van der Waals surface area contributed by atoms with Crippen LogP contribution in [0.25, 0.3) is 0 Å². The lowest BCUT2D eigenvalue weighted by Gasteiger charge is -2.32. The molecule has 1 aliphatic heterocycles. The Hall–Kier alpha value is -2.57. The van der Waals surface area contributed by atoms with Gasteiger partial charge in [-0.2, -0.15) is 0 Å². The monoisotopic (exact) mass is 415 g/mol. The van der Waals surface area contributed by atoms with E-state index in [1.54, 1.807) is 36.4 Å². The highest BCUT2D eigenvalue weighted by Crippen LogP contribution is 2.25. The predicted octanol–water partition coefficient (Wildman–Crippen LogP) is 3.36. The zero-order valence-corrected chi connectivity index (χ0v) is 17.8. The number of carbonyl (C=O) groups excluding carboxylic acids is 2. The van der Waals surface area contributed by atoms with Crippen molar-refractivity contribution in [2.24, 2.45) is 0 Å². The van der Waals surface area contributed by atoms with E-state index in [0.717, 1.165) is 24.2 Å². The van der Waals surface area contributed by atoms with Crippen molar-refractivity contribution in [3.8, 4) is 5.75 Å². The Morgan fingerprint density at radius 1 is 1.07 bits per heavy atom. The molecule has 6 nitrogen and oxygen atoms in total. The van der Waals surface area contributed by atoms with Crippen molar-refractivity contribution in [1.82, 2.24) is 9.80 Å². The number of benzene rings is 2. The lowest BCUT2D eigenvalue weighted by molar-refractivity contribution is -0.118. The highest BCUT2D eigenvalue weighted by molar-refractivity contribution is 6.32. The van der Waals surface area contributed by atoms with Crippen molar-refractivity contribution in [3.63, 3.8) is 0 Å². The standard InChI is InChI=1S/C22H26ClN3O3/c1-15-11-19(12-16(2)21(15)23)29-14-20(27)24-18-6-4-5-17(13-18)22(28)26-9-7-25(3)8-10-26/h4-6,11-13H,7-10,14H2,1-3H3,(H,24,27). The molecule has 1 aliphatic rings. The van der Waals surface area contributed by atoms with Gasteiger partial charge in [0.25, 0.3) is 11.8 Å². The van der Waals surface area contributed by atoms with Gasteiger partial charge < -0.3 is 19.9 Å². The number of anilines is 1. The summed E-state index contributed by atoms with van der Waals surface area (Å²) in [6.45, 7) is 6.80. The molecule has 2 aromatic carbocycles. The zero-order valence-electron chi connectivity index (χ0n) is 17.0. The van der Waals surface area contributed by atoms with Gasteiger partial charge in [0.15, 0.2) is 6.61 Å². The topological polar surface area (TPSA) is 61.9 Å². The SMILES string of the molecule is Cc1cc(OCC(=O)Nc2cccc(C(=O)N3CCN(C)CC3)c2)cc(C)c1Cl. The summed E-state index contributed by atoms with van der Waals surface area (Å²) in [6.07, 6.45) is 0. The van der Waals surface area contributed by atoms with Gasteiger partial charge in [0.1, 0.15) is 5.75 Å². The number of piperazine rings is 1. The summed E-state index contributed by atoms with van der Waals surface area (Å²) in [5.41, 5.74) is 2.94. The molecule has 0 aliphatic carbocycles. The minimum Gasteiger partial charge on any atom is -0.484 e. The second-order valence-electron chi connectivity index (χ2n) is 7.38. The lowest BCUT2D eigenvalue weighted by Crippen LogP contribution is -2.47. The van der Waals surface area contributed by atoms with E-state index in [1.807, 2.05) is 25.8 Å². The quantitative estimate of drug-likeness (QED) is 0.813. The van der Waals surface area contributed by atoms with Crippen LogP contribution in [0.5, 0.6) is 5.75 Å². The first kappa shape index (κ1) is 21.1. The molecule has 7 heteroatoms. The van der Waals surface area contributed by atoms with Crippen molar-refractivity contribution in [3.05, 3.63) is 58.1 Å². The third kappa shape index (κ3) is 5.49. The van der Waals surface area contributed by atoms with Crippen LogP contribution in [-0.2, 0) is 4.79 Å². The minimum absolute atomic E-state index is 0.0161. The Kier molecular flexibility index (Phi) is 6.77. The van der Waals surface area contributed by atoms with Gasteiger partial charge in [0, 0.05) is 42.5 Å². The fourth-order valence-corrected chi connectivity index (χ4v) is 3.37. The summed E-state index contributed by atoms with van der Waals surface area (Å²) in [4.78, 5) is 29.0. The van der Waals surface area contributed by atoms with Gasteiger partial charge in [0.2, 0.25) is 0 Å². The Balaban J connectivity index is 1.58. The summed E-state index contributed by atoms with van der Waals surface area (Å²) in [5.74, 6) is 0.288. The molecule has 2 aromatic rings. The largest absolute Gasteiger partial charge is 0.484 e. The maximum absolute atomic E-state index is 12.7. The Morgan fingerprint density at radius 2 is 1.72 bits per heavy atom. The zero-order chi connectivity index (χ0) is 21.0. The summed E-state index contributed by atoms with van der Waals surface area (Å²) in [6, 6.07) is 10.6. The average molecular weight is 416 g/mol. The van der Waals surface area contributed by atoms with Gasteiger partial charge in [0.05, 0.1) is 0 Å². The Labute approximate surface area is 176 Å². The first-order chi connectivity index (χ1) is 13.8. The maximum Gasteiger partial charge on any atom is 0.262 e. The van der Waals surface area contributed by atoms with Crippen molar-refractivity contribution < 1.29 is 14.3 Å². The summed E-state index contributed by atoms with van der Waals surface area (Å²) in [7, 11) is 2.05. The number of nitrogens with zero attached hydrogens (tertiary/aromatic N) is 2. The van der Waals surface area contributed by atoms with Crippen molar-refractivity contribution in [2.75, 3.05) is 45.2 Å². The second-order valence-corrected chi connectivity index (χ2v) is 7.76. The molecule has 0 spiro atoms. The molecule has 1 heterocycles. The van der Waals surface area contributed by atoms with Gasteiger partial charge in [-0.1, -0.05) is 17.7 Å². The highest BCUT2D eigenvalue weighted by atomic mass is 35.5. The van der Waals surface area contributed by atoms with Gasteiger partial charge in [-0.05, 0) is 62.4 Å². The molecule has 154 valence electrons. The molecule has 0 bridgehead atoms. The summed E-state index contributed by atoms with van der Waals surface area (Å²) >= 11 is 6.16. The summed E-state index contributed by atoms with van der Waals surface area (Å²) < 4.78 is 5.59. The van der Waals surface area contributed by atoms with Crippen molar-refractivity contribution >= 4 is 29.1 Å². The number of aryl methyl sites for hydroxylation is 2. The van der Waals surface area contributed by atoms with Crippen LogP contribution in [0.1, 0.15) is 21.5 Å².